The van der Waals surface area contributed by atoms with Crippen LogP contribution in [0.3, 0.4) is 0 Å². The third kappa shape index (κ3) is 40.4. The smallest absolute Gasteiger partial charge is 0.167 e. The molecule has 0 bridgehead atoms. The van der Waals surface area contributed by atoms with Gasteiger partial charge in [0.15, 0.2) is 0 Å². The van der Waals surface area contributed by atoms with Gasteiger partial charge in [-0.3, -0.25) is 0 Å². The maximum absolute atomic E-state index is 10.7. The van der Waals surface area contributed by atoms with Crippen LogP contribution in [-0.4, -0.2) is 13.6 Å². The van der Waals surface area contributed by atoms with Gasteiger partial charge in [0.25, 0.3) is 0 Å². The SMILES string of the molecule is C=CC(F)(F)F.C[SiH](Cl)Cl. The van der Waals surface area contributed by atoms with E-state index in [-0.39, 0.29) is 6.08 Å². The van der Waals surface area contributed by atoms with Crippen molar-refractivity contribution in [3.8, 4) is 0 Å². The summed E-state index contributed by atoms with van der Waals surface area (Å²) in [6.07, 6.45) is -4.26. The lowest BCUT2D eigenvalue weighted by Crippen LogP contribution is -1.98. The van der Waals surface area contributed by atoms with Gasteiger partial charge in [0.05, 0.1) is 0 Å². The van der Waals surface area contributed by atoms with Crippen LogP contribution in [0.1, 0.15) is 0 Å². The van der Waals surface area contributed by atoms with E-state index in [1.165, 1.54) is 0 Å². The number of hydrogen-bond donors (Lipinski definition) is 0. The molecule has 0 aromatic heterocycles. The second kappa shape index (κ2) is 6.06. The third-order valence-electron chi connectivity index (χ3n) is 0.231. The highest BCUT2D eigenvalue weighted by atomic mass is 35.7. The second-order valence-electron chi connectivity index (χ2n) is 1.26. The van der Waals surface area contributed by atoms with Gasteiger partial charge in [0, 0.05) is 6.08 Å². The molecular formula is C4H7Cl2F3Si. The molecule has 0 atom stereocenters. The molecule has 0 amide bonds. The van der Waals surface area contributed by atoms with Gasteiger partial charge in [-0.1, -0.05) is 6.58 Å². The van der Waals surface area contributed by atoms with E-state index in [4.69, 9.17) is 22.2 Å². The van der Waals surface area contributed by atoms with E-state index in [1.807, 2.05) is 6.55 Å². The molecular weight excluding hydrogens is 204 g/mol. The lowest BCUT2D eigenvalue weighted by atomic mass is 10.6. The zero-order chi connectivity index (χ0) is 8.78. The summed E-state index contributed by atoms with van der Waals surface area (Å²) in [6, 6.07) is 0. The van der Waals surface area contributed by atoms with E-state index in [0.29, 0.717) is 0 Å². The molecule has 0 aromatic carbocycles. The van der Waals surface area contributed by atoms with E-state index >= 15 is 0 Å². The zero-order valence-corrected chi connectivity index (χ0v) is 7.92. The molecule has 0 spiro atoms. The molecule has 0 saturated carbocycles. The topological polar surface area (TPSA) is 0 Å². The molecule has 0 aliphatic heterocycles. The first-order valence-electron chi connectivity index (χ1n) is 2.28. The van der Waals surface area contributed by atoms with Gasteiger partial charge in [-0.25, -0.2) is 0 Å². The predicted octanol–water partition coefficient (Wildman–Crippen LogP) is 3.05. The highest BCUT2D eigenvalue weighted by Crippen LogP contribution is 2.13. The number of rotatable bonds is 0. The summed E-state index contributed by atoms with van der Waals surface area (Å²) >= 11 is 10.4. The van der Waals surface area contributed by atoms with E-state index in [1.54, 1.807) is 0 Å². The number of alkyl halides is 3. The minimum absolute atomic E-state index is 0.0625. The number of halogens is 5. The van der Waals surface area contributed by atoms with Crippen molar-refractivity contribution in [2.24, 2.45) is 0 Å². The van der Waals surface area contributed by atoms with Crippen LogP contribution in [0.2, 0.25) is 6.55 Å². The van der Waals surface area contributed by atoms with Gasteiger partial charge in [-0.15, -0.1) is 0 Å². The van der Waals surface area contributed by atoms with Crippen LogP contribution in [0.15, 0.2) is 12.7 Å². The first-order valence-corrected chi connectivity index (χ1v) is 6.92. The van der Waals surface area contributed by atoms with Crippen molar-refractivity contribution in [3.63, 3.8) is 0 Å². The third-order valence-corrected chi connectivity index (χ3v) is 0.231. The van der Waals surface area contributed by atoms with Gasteiger partial charge in [0.2, 0.25) is 7.42 Å². The molecule has 0 radical (unpaired) electrons. The van der Waals surface area contributed by atoms with E-state index in [9.17, 15) is 13.2 Å². The first-order chi connectivity index (χ1) is 4.29. The molecule has 0 fully saturated rings. The normalized spacial score (nSPS) is 10.3. The van der Waals surface area contributed by atoms with E-state index in [2.05, 4.69) is 6.58 Å². The molecule has 0 saturated heterocycles. The van der Waals surface area contributed by atoms with Crippen molar-refractivity contribution < 1.29 is 13.2 Å². The fraction of sp³-hybridized carbons (Fsp3) is 0.500. The Hall–Kier alpha value is 0.327. The maximum atomic E-state index is 10.7. The predicted molar refractivity (Wildman–Crippen MR) is 41.0 cm³/mol. The van der Waals surface area contributed by atoms with Crippen molar-refractivity contribution in [3.05, 3.63) is 12.7 Å². The lowest BCUT2D eigenvalue weighted by molar-refractivity contribution is -0.0795. The van der Waals surface area contributed by atoms with Crippen molar-refractivity contribution in [1.82, 2.24) is 0 Å². The van der Waals surface area contributed by atoms with E-state index in [0.717, 1.165) is 0 Å². The Morgan fingerprint density at radius 1 is 1.40 bits per heavy atom. The van der Waals surface area contributed by atoms with E-state index < -0.39 is 13.6 Å². The molecule has 0 aliphatic rings. The molecule has 62 valence electrons. The molecule has 0 nitrogen and oxygen atoms in total. The average Bonchev–Trinajstić information content (AvgIpc) is 1.63. The molecule has 0 aliphatic carbocycles. The Balaban J connectivity index is 0. The van der Waals surface area contributed by atoms with Crippen LogP contribution in [-0.2, 0) is 0 Å². The molecule has 0 rings (SSSR count). The van der Waals surface area contributed by atoms with Gasteiger partial charge in [-0.2, -0.15) is 35.3 Å². The summed E-state index contributed by atoms with van der Waals surface area (Å²) in [6.45, 7) is 4.34. The fourth-order valence-electron chi connectivity index (χ4n) is 0. The largest absolute Gasteiger partial charge is 0.409 e. The highest BCUT2D eigenvalue weighted by Gasteiger charge is 2.19. The van der Waals surface area contributed by atoms with Gasteiger partial charge < -0.3 is 0 Å². The summed E-state index contributed by atoms with van der Waals surface area (Å²) in [5.41, 5.74) is 0. The molecule has 0 aromatic rings. The van der Waals surface area contributed by atoms with Crippen LogP contribution in [0.25, 0.3) is 0 Å². The van der Waals surface area contributed by atoms with Crippen LogP contribution >= 0.6 is 22.2 Å². The highest BCUT2D eigenvalue weighted by molar-refractivity contribution is 7.33. The minimum Gasteiger partial charge on any atom is -0.167 e. The molecule has 0 heterocycles. The summed E-state index contributed by atoms with van der Waals surface area (Å²) in [5.74, 6) is 0. The fourth-order valence-corrected chi connectivity index (χ4v) is 0. The Bertz CT molecular complexity index is 88.2. The number of hydrogen-bond acceptors (Lipinski definition) is 0. The van der Waals surface area contributed by atoms with Crippen LogP contribution < -0.4 is 0 Å². The Kier molecular flexibility index (Phi) is 7.86. The Morgan fingerprint density at radius 3 is 1.50 bits per heavy atom. The monoisotopic (exact) mass is 210 g/mol. The maximum Gasteiger partial charge on any atom is 0.409 e. The van der Waals surface area contributed by atoms with Crippen LogP contribution in [0.5, 0.6) is 0 Å². The summed E-state index contributed by atoms with van der Waals surface area (Å²) in [4.78, 5) is 0. The molecule has 6 heteroatoms. The minimum atomic E-state index is -4.19. The average molecular weight is 211 g/mol. The van der Waals surface area contributed by atoms with Crippen molar-refractivity contribution in [1.29, 1.82) is 0 Å². The quantitative estimate of drug-likeness (QED) is 0.328. The van der Waals surface area contributed by atoms with Crippen LogP contribution in [0, 0.1) is 0 Å². The van der Waals surface area contributed by atoms with Crippen molar-refractivity contribution >= 4 is 29.6 Å². The summed E-state index contributed by atoms with van der Waals surface area (Å²) in [5, 5.41) is 0. The standard InChI is InChI=1S/C3H3F3.CH4Cl2Si/c1-2-3(4,5)6;1-4(2)3/h2H,1H2;4H,1H3. The van der Waals surface area contributed by atoms with Gasteiger partial charge in [0.1, 0.15) is 0 Å². The molecule has 0 N–H and O–H groups in total. The zero-order valence-electron chi connectivity index (χ0n) is 5.25. The Morgan fingerprint density at radius 2 is 1.50 bits per heavy atom. The summed E-state index contributed by atoms with van der Waals surface area (Å²) in [7, 11) is -1.19. The van der Waals surface area contributed by atoms with Crippen LogP contribution in [0.4, 0.5) is 13.2 Å². The Labute approximate surface area is 68.6 Å². The van der Waals surface area contributed by atoms with Crippen molar-refractivity contribution in [2.75, 3.05) is 0 Å². The summed E-state index contributed by atoms with van der Waals surface area (Å²) < 4.78 is 32.0. The number of allylic oxidation sites excluding steroid dienone is 1. The van der Waals surface area contributed by atoms with Crippen molar-refractivity contribution in [2.45, 2.75) is 12.7 Å². The molecule has 10 heavy (non-hydrogen) atoms. The molecule has 0 unspecified atom stereocenters. The van der Waals surface area contributed by atoms with Gasteiger partial charge in [-0.05, 0) is 6.55 Å². The van der Waals surface area contributed by atoms with Gasteiger partial charge >= 0.3 is 6.18 Å². The lowest BCUT2D eigenvalue weighted by Gasteiger charge is -1.91. The second-order valence-corrected chi connectivity index (χ2v) is 6.90. The first kappa shape index (κ1) is 13.0.